The van der Waals surface area contributed by atoms with Crippen molar-refractivity contribution < 1.29 is 9.90 Å². The maximum Gasteiger partial charge on any atom is 0.254 e. The van der Waals surface area contributed by atoms with Crippen molar-refractivity contribution in [1.82, 2.24) is 15.1 Å². The zero-order valence-corrected chi connectivity index (χ0v) is 12.4. The number of amides is 1. The van der Waals surface area contributed by atoms with Crippen LogP contribution in [0.2, 0.25) is 0 Å². The fourth-order valence-corrected chi connectivity index (χ4v) is 2.19. The fourth-order valence-electron chi connectivity index (χ4n) is 2.19. The van der Waals surface area contributed by atoms with E-state index >= 15 is 0 Å². The molecule has 1 aromatic heterocycles. The van der Waals surface area contributed by atoms with Gasteiger partial charge in [-0.05, 0) is 31.9 Å². The van der Waals surface area contributed by atoms with Gasteiger partial charge in [0.25, 0.3) is 5.91 Å². The summed E-state index contributed by atoms with van der Waals surface area (Å²) in [7, 11) is 0. The van der Waals surface area contributed by atoms with Crippen molar-refractivity contribution in [3.63, 3.8) is 0 Å². The second kappa shape index (κ2) is 7.04. The summed E-state index contributed by atoms with van der Waals surface area (Å²) in [5.74, 6) is -0.144. The van der Waals surface area contributed by atoms with Gasteiger partial charge in [0.2, 0.25) is 0 Å². The lowest BCUT2D eigenvalue weighted by molar-refractivity contribution is 0.0928. The first-order valence-corrected chi connectivity index (χ1v) is 7.19. The highest BCUT2D eigenvalue weighted by Gasteiger charge is 2.17. The van der Waals surface area contributed by atoms with Gasteiger partial charge in [0.05, 0.1) is 16.9 Å². The summed E-state index contributed by atoms with van der Waals surface area (Å²) in [6.07, 6.45) is 3.10. The molecule has 0 aliphatic rings. The Morgan fingerprint density at radius 1 is 1.38 bits per heavy atom. The van der Waals surface area contributed by atoms with Crippen LogP contribution in [0.25, 0.3) is 5.69 Å². The summed E-state index contributed by atoms with van der Waals surface area (Å²) in [6.45, 7) is 3.88. The Labute approximate surface area is 124 Å². The second-order valence-corrected chi connectivity index (χ2v) is 5.00. The molecule has 1 unspecified atom stereocenters. The van der Waals surface area contributed by atoms with Gasteiger partial charge in [-0.2, -0.15) is 5.10 Å². The standard InChI is InChI=1S/C16H21N3O2/c1-3-13(9-10-20)17-16(21)15-11-19(18-12(15)2)14-7-5-4-6-8-14/h4-8,11,13,20H,3,9-10H2,1-2H3,(H,17,21). The molecular formula is C16H21N3O2. The largest absolute Gasteiger partial charge is 0.396 e. The number of aryl methyl sites for hydroxylation is 1. The number of aliphatic hydroxyl groups excluding tert-OH is 1. The van der Waals surface area contributed by atoms with Crippen molar-refractivity contribution in [3.8, 4) is 5.69 Å². The number of aromatic nitrogens is 2. The Morgan fingerprint density at radius 3 is 2.71 bits per heavy atom. The molecule has 0 saturated carbocycles. The molecule has 5 heteroatoms. The van der Waals surface area contributed by atoms with Crippen LogP contribution in [0.15, 0.2) is 36.5 Å². The highest BCUT2D eigenvalue weighted by Crippen LogP contribution is 2.12. The van der Waals surface area contributed by atoms with Gasteiger partial charge >= 0.3 is 0 Å². The van der Waals surface area contributed by atoms with Crippen LogP contribution < -0.4 is 5.32 Å². The van der Waals surface area contributed by atoms with Crippen molar-refractivity contribution in [2.45, 2.75) is 32.7 Å². The van der Waals surface area contributed by atoms with Crippen molar-refractivity contribution in [2.75, 3.05) is 6.61 Å². The first-order valence-electron chi connectivity index (χ1n) is 7.19. The average molecular weight is 287 g/mol. The molecule has 1 heterocycles. The van der Waals surface area contributed by atoms with Gasteiger partial charge in [0, 0.05) is 18.8 Å². The van der Waals surface area contributed by atoms with Crippen LogP contribution in [0, 0.1) is 6.92 Å². The molecule has 0 aliphatic carbocycles. The van der Waals surface area contributed by atoms with Crippen molar-refractivity contribution in [1.29, 1.82) is 0 Å². The van der Waals surface area contributed by atoms with E-state index in [1.165, 1.54) is 0 Å². The van der Waals surface area contributed by atoms with Crippen molar-refractivity contribution >= 4 is 5.91 Å². The van der Waals surface area contributed by atoms with E-state index in [-0.39, 0.29) is 18.6 Å². The number of hydrogen-bond donors (Lipinski definition) is 2. The van der Waals surface area contributed by atoms with E-state index in [0.717, 1.165) is 12.1 Å². The molecule has 1 aromatic carbocycles. The van der Waals surface area contributed by atoms with Gasteiger partial charge < -0.3 is 10.4 Å². The summed E-state index contributed by atoms with van der Waals surface area (Å²) in [4.78, 5) is 12.3. The number of rotatable bonds is 6. The third-order valence-corrected chi connectivity index (χ3v) is 3.47. The normalized spacial score (nSPS) is 12.1. The van der Waals surface area contributed by atoms with Crippen LogP contribution >= 0.6 is 0 Å². The van der Waals surface area contributed by atoms with E-state index in [1.807, 2.05) is 44.2 Å². The molecule has 112 valence electrons. The van der Waals surface area contributed by atoms with Crippen LogP contribution in [0.4, 0.5) is 0 Å². The number of benzene rings is 1. The molecule has 0 saturated heterocycles. The molecule has 0 fully saturated rings. The summed E-state index contributed by atoms with van der Waals surface area (Å²) in [6, 6.07) is 9.67. The SMILES string of the molecule is CCC(CCO)NC(=O)c1cn(-c2ccccc2)nc1C. The van der Waals surface area contributed by atoms with E-state index in [4.69, 9.17) is 5.11 Å². The third-order valence-electron chi connectivity index (χ3n) is 3.47. The van der Waals surface area contributed by atoms with E-state index in [2.05, 4.69) is 10.4 Å². The summed E-state index contributed by atoms with van der Waals surface area (Å²) in [5, 5.41) is 16.3. The molecule has 0 spiro atoms. The van der Waals surface area contributed by atoms with Crippen LogP contribution in [0.5, 0.6) is 0 Å². The maximum atomic E-state index is 12.3. The van der Waals surface area contributed by atoms with Crippen molar-refractivity contribution in [3.05, 3.63) is 47.8 Å². The van der Waals surface area contributed by atoms with Gasteiger partial charge in [-0.25, -0.2) is 4.68 Å². The van der Waals surface area contributed by atoms with Gasteiger partial charge in [-0.3, -0.25) is 4.79 Å². The number of hydrogen-bond acceptors (Lipinski definition) is 3. The summed E-state index contributed by atoms with van der Waals surface area (Å²) >= 11 is 0. The Bertz CT molecular complexity index is 593. The fraction of sp³-hybridized carbons (Fsp3) is 0.375. The number of nitrogens with one attached hydrogen (secondary N) is 1. The molecule has 0 aliphatic heterocycles. The number of carbonyl (C=O) groups is 1. The zero-order valence-electron chi connectivity index (χ0n) is 12.4. The lowest BCUT2D eigenvalue weighted by Crippen LogP contribution is -2.35. The van der Waals surface area contributed by atoms with Crippen LogP contribution in [0.1, 0.15) is 35.8 Å². The zero-order chi connectivity index (χ0) is 15.2. The minimum Gasteiger partial charge on any atom is -0.396 e. The Morgan fingerprint density at radius 2 is 2.10 bits per heavy atom. The van der Waals surface area contributed by atoms with Crippen LogP contribution in [0.3, 0.4) is 0 Å². The molecule has 1 amide bonds. The monoisotopic (exact) mass is 287 g/mol. The smallest absolute Gasteiger partial charge is 0.254 e. The molecule has 1 atom stereocenters. The van der Waals surface area contributed by atoms with Crippen LogP contribution in [-0.2, 0) is 0 Å². The summed E-state index contributed by atoms with van der Waals surface area (Å²) < 4.78 is 1.71. The lowest BCUT2D eigenvalue weighted by Gasteiger charge is -2.15. The molecule has 2 aromatic rings. The van der Waals surface area contributed by atoms with Crippen LogP contribution in [-0.4, -0.2) is 33.4 Å². The molecule has 21 heavy (non-hydrogen) atoms. The molecule has 2 rings (SSSR count). The molecular weight excluding hydrogens is 266 g/mol. The lowest BCUT2D eigenvalue weighted by atomic mass is 10.1. The van der Waals surface area contributed by atoms with E-state index in [0.29, 0.717) is 17.7 Å². The minimum absolute atomic E-state index is 0.0121. The highest BCUT2D eigenvalue weighted by molar-refractivity contribution is 5.95. The third kappa shape index (κ3) is 3.70. The number of aliphatic hydroxyl groups is 1. The Balaban J connectivity index is 2.17. The number of para-hydroxylation sites is 1. The number of nitrogens with zero attached hydrogens (tertiary/aromatic N) is 2. The van der Waals surface area contributed by atoms with E-state index < -0.39 is 0 Å². The predicted molar refractivity (Wildman–Crippen MR) is 81.5 cm³/mol. The molecule has 5 nitrogen and oxygen atoms in total. The average Bonchev–Trinajstić information content (AvgIpc) is 2.89. The van der Waals surface area contributed by atoms with Gasteiger partial charge in [0.1, 0.15) is 0 Å². The quantitative estimate of drug-likeness (QED) is 0.854. The topological polar surface area (TPSA) is 67.2 Å². The first kappa shape index (κ1) is 15.3. The summed E-state index contributed by atoms with van der Waals surface area (Å²) in [5.41, 5.74) is 2.17. The van der Waals surface area contributed by atoms with E-state index in [9.17, 15) is 4.79 Å². The number of carbonyl (C=O) groups excluding carboxylic acids is 1. The van der Waals surface area contributed by atoms with Gasteiger partial charge in [-0.15, -0.1) is 0 Å². The van der Waals surface area contributed by atoms with Gasteiger partial charge in [-0.1, -0.05) is 25.1 Å². The first-order chi connectivity index (χ1) is 10.2. The Hall–Kier alpha value is -2.14. The maximum absolute atomic E-state index is 12.3. The predicted octanol–water partition coefficient (Wildman–Crippen LogP) is 2.07. The molecule has 0 radical (unpaired) electrons. The van der Waals surface area contributed by atoms with Gasteiger partial charge in [0.15, 0.2) is 0 Å². The highest BCUT2D eigenvalue weighted by atomic mass is 16.3. The van der Waals surface area contributed by atoms with Crippen molar-refractivity contribution in [2.24, 2.45) is 0 Å². The minimum atomic E-state index is -0.144. The Kier molecular flexibility index (Phi) is 5.11. The van der Waals surface area contributed by atoms with E-state index in [1.54, 1.807) is 10.9 Å². The molecule has 0 bridgehead atoms. The second-order valence-electron chi connectivity index (χ2n) is 5.00. The molecule has 2 N–H and O–H groups in total.